The van der Waals surface area contributed by atoms with Crippen molar-refractivity contribution < 1.29 is 9.84 Å². The second kappa shape index (κ2) is 7.28. The molecule has 0 heterocycles. The van der Waals surface area contributed by atoms with E-state index in [1.807, 2.05) is 6.07 Å². The Balaban J connectivity index is 1.65. The van der Waals surface area contributed by atoms with E-state index in [9.17, 15) is 5.11 Å². The van der Waals surface area contributed by atoms with Gasteiger partial charge in [-0.1, -0.05) is 6.07 Å². The highest BCUT2D eigenvalue weighted by atomic mass is 16.5. The van der Waals surface area contributed by atoms with Crippen LogP contribution in [0, 0.1) is 13.8 Å². The van der Waals surface area contributed by atoms with E-state index in [1.54, 1.807) is 0 Å². The second-order valence-corrected chi connectivity index (χ2v) is 6.69. The quantitative estimate of drug-likeness (QED) is 0.686. The van der Waals surface area contributed by atoms with Crippen LogP contribution in [-0.2, 0) is 0 Å². The van der Waals surface area contributed by atoms with Crippen molar-refractivity contribution in [3.8, 4) is 5.75 Å². The van der Waals surface area contributed by atoms with Crippen molar-refractivity contribution in [1.29, 1.82) is 0 Å². The maximum absolute atomic E-state index is 9.56. The van der Waals surface area contributed by atoms with Crippen LogP contribution in [0.25, 0.3) is 0 Å². The van der Waals surface area contributed by atoms with Crippen LogP contribution in [-0.4, -0.2) is 29.9 Å². The third-order valence-corrected chi connectivity index (χ3v) is 4.35. The lowest BCUT2D eigenvalue weighted by atomic mass is 9.95. The Kier molecular flexibility index (Phi) is 5.65. The van der Waals surface area contributed by atoms with E-state index in [-0.39, 0.29) is 12.1 Å². The number of ether oxygens (including phenoxy) is 1. The Hall–Kier alpha value is -1.06. The van der Waals surface area contributed by atoms with E-state index in [0.717, 1.165) is 31.6 Å². The first-order valence-corrected chi connectivity index (χ1v) is 8.11. The highest BCUT2D eigenvalue weighted by molar-refractivity contribution is 5.33. The minimum absolute atomic E-state index is 0.123. The van der Waals surface area contributed by atoms with E-state index < -0.39 is 0 Å². The number of aliphatic hydroxyl groups excluding tert-OH is 1. The van der Waals surface area contributed by atoms with Crippen LogP contribution in [0.4, 0.5) is 0 Å². The molecule has 2 rings (SSSR count). The van der Waals surface area contributed by atoms with E-state index in [4.69, 9.17) is 4.74 Å². The number of hydrogen-bond donors (Lipinski definition) is 2. The molecule has 1 saturated carbocycles. The van der Waals surface area contributed by atoms with Crippen LogP contribution >= 0.6 is 0 Å². The fourth-order valence-electron chi connectivity index (χ4n) is 2.53. The molecule has 2 N–H and O–H groups in total. The molecule has 1 aromatic rings. The molecule has 0 spiro atoms. The SMILES string of the molecule is Cc1ccc(OCCCCC(C)(CO)NC2CC2)cc1C. The second-order valence-electron chi connectivity index (χ2n) is 6.69. The Morgan fingerprint density at radius 1 is 1.24 bits per heavy atom. The predicted molar refractivity (Wildman–Crippen MR) is 86.9 cm³/mol. The van der Waals surface area contributed by atoms with Crippen LogP contribution in [0.1, 0.15) is 50.2 Å². The maximum atomic E-state index is 9.56. The molecule has 0 radical (unpaired) electrons. The largest absolute Gasteiger partial charge is 0.494 e. The van der Waals surface area contributed by atoms with Crippen molar-refractivity contribution >= 4 is 0 Å². The molecule has 1 fully saturated rings. The molecule has 0 bridgehead atoms. The topological polar surface area (TPSA) is 41.5 Å². The van der Waals surface area contributed by atoms with Crippen molar-refractivity contribution in [3.05, 3.63) is 29.3 Å². The Morgan fingerprint density at radius 2 is 2.00 bits per heavy atom. The van der Waals surface area contributed by atoms with E-state index in [0.29, 0.717) is 6.04 Å². The highest BCUT2D eigenvalue weighted by Crippen LogP contribution is 2.25. The molecule has 21 heavy (non-hydrogen) atoms. The lowest BCUT2D eigenvalue weighted by Crippen LogP contribution is -2.46. The molecule has 0 amide bonds. The van der Waals surface area contributed by atoms with E-state index in [1.165, 1.54) is 24.0 Å². The average molecular weight is 291 g/mol. The first-order valence-electron chi connectivity index (χ1n) is 8.11. The van der Waals surface area contributed by atoms with Gasteiger partial charge in [-0.05, 0) is 76.1 Å². The average Bonchev–Trinajstić information content (AvgIpc) is 3.26. The van der Waals surface area contributed by atoms with Crippen molar-refractivity contribution in [1.82, 2.24) is 5.32 Å². The fraction of sp³-hybridized carbons (Fsp3) is 0.667. The molecule has 0 aliphatic heterocycles. The van der Waals surface area contributed by atoms with Crippen LogP contribution in [0.3, 0.4) is 0 Å². The number of benzene rings is 1. The first kappa shape index (κ1) is 16.3. The van der Waals surface area contributed by atoms with Gasteiger partial charge in [-0.3, -0.25) is 0 Å². The summed E-state index contributed by atoms with van der Waals surface area (Å²) in [6.07, 6.45) is 5.60. The normalized spacial score (nSPS) is 17.5. The summed E-state index contributed by atoms with van der Waals surface area (Å²) in [5, 5.41) is 13.1. The summed E-state index contributed by atoms with van der Waals surface area (Å²) in [4.78, 5) is 0. The third kappa shape index (κ3) is 5.33. The number of aryl methyl sites for hydroxylation is 2. The highest BCUT2D eigenvalue weighted by Gasteiger charge is 2.31. The summed E-state index contributed by atoms with van der Waals surface area (Å²) >= 11 is 0. The monoisotopic (exact) mass is 291 g/mol. The number of aliphatic hydroxyl groups is 1. The van der Waals surface area contributed by atoms with E-state index >= 15 is 0 Å². The van der Waals surface area contributed by atoms with Crippen LogP contribution in [0.5, 0.6) is 5.75 Å². The number of nitrogens with one attached hydrogen (secondary N) is 1. The molecular weight excluding hydrogens is 262 g/mol. The third-order valence-electron chi connectivity index (χ3n) is 4.35. The Labute approximate surface area is 128 Å². The minimum Gasteiger partial charge on any atom is -0.494 e. The Morgan fingerprint density at radius 3 is 2.62 bits per heavy atom. The number of hydrogen-bond acceptors (Lipinski definition) is 3. The summed E-state index contributed by atoms with van der Waals surface area (Å²) in [6, 6.07) is 6.87. The van der Waals surface area contributed by atoms with Crippen molar-refractivity contribution in [3.63, 3.8) is 0 Å². The lowest BCUT2D eigenvalue weighted by Gasteiger charge is -2.29. The van der Waals surface area contributed by atoms with Crippen LogP contribution < -0.4 is 10.1 Å². The maximum Gasteiger partial charge on any atom is 0.119 e. The van der Waals surface area contributed by atoms with Gasteiger partial charge in [0, 0.05) is 11.6 Å². The van der Waals surface area contributed by atoms with Crippen molar-refractivity contribution in [2.75, 3.05) is 13.2 Å². The zero-order valence-electron chi connectivity index (χ0n) is 13.6. The van der Waals surface area contributed by atoms with Gasteiger partial charge in [-0.15, -0.1) is 0 Å². The van der Waals surface area contributed by atoms with Gasteiger partial charge in [-0.25, -0.2) is 0 Å². The van der Waals surface area contributed by atoms with Gasteiger partial charge in [0.15, 0.2) is 0 Å². The standard InChI is InChI=1S/C18H29NO2/c1-14-6-9-17(12-15(14)2)21-11-5-4-10-18(3,13-20)19-16-7-8-16/h6,9,12,16,19-20H,4-5,7-8,10-11,13H2,1-3H3. The molecule has 0 saturated heterocycles. The smallest absolute Gasteiger partial charge is 0.119 e. The van der Waals surface area contributed by atoms with Gasteiger partial charge in [0.2, 0.25) is 0 Å². The zero-order valence-corrected chi connectivity index (χ0v) is 13.6. The van der Waals surface area contributed by atoms with E-state index in [2.05, 4.69) is 38.2 Å². The molecule has 1 aliphatic carbocycles. The Bertz CT molecular complexity index is 457. The summed E-state index contributed by atoms with van der Waals surface area (Å²) in [5.41, 5.74) is 2.45. The van der Waals surface area contributed by atoms with Gasteiger partial charge in [0.05, 0.1) is 13.2 Å². The van der Waals surface area contributed by atoms with Crippen molar-refractivity contribution in [2.24, 2.45) is 0 Å². The van der Waals surface area contributed by atoms with Crippen molar-refractivity contribution in [2.45, 2.75) is 64.5 Å². The fourth-order valence-corrected chi connectivity index (χ4v) is 2.53. The lowest BCUT2D eigenvalue weighted by molar-refractivity contribution is 0.158. The van der Waals surface area contributed by atoms with Gasteiger partial charge < -0.3 is 15.2 Å². The van der Waals surface area contributed by atoms with Crippen LogP contribution in [0.15, 0.2) is 18.2 Å². The molecule has 1 atom stereocenters. The summed E-state index contributed by atoms with van der Waals surface area (Å²) in [7, 11) is 0. The number of rotatable bonds is 9. The first-order chi connectivity index (χ1) is 10.0. The zero-order chi connectivity index (χ0) is 15.3. The van der Waals surface area contributed by atoms with Gasteiger partial charge >= 0.3 is 0 Å². The molecular formula is C18H29NO2. The molecule has 3 nitrogen and oxygen atoms in total. The summed E-state index contributed by atoms with van der Waals surface area (Å²) < 4.78 is 5.80. The number of unbranched alkanes of at least 4 members (excludes halogenated alkanes) is 1. The predicted octanol–water partition coefficient (Wildman–Crippen LogP) is 3.36. The molecule has 1 aromatic carbocycles. The summed E-state index contributed by atoms with van der Waals surface area (Å²) in [5.74, 6) is 0.958. The van der Waals surface area contributed by atoms with Gasteiger partial charge in [0.1, 0.15) is 5.75 Å². The molecule has 1 aliphatic rings. The summed E-state index contributed by atoms with van der Waals surface area (Å²) in [6.45, 7) is 7.30. The molecule has 0 aromatic heterocycles. The van der Waals surface area contributed by atoms with Gasteiger partial charge in [0.25, 0.3) is 0 Å². The van der Waals surface area contributed by atoms with Gasteiger partial charge in [-0.2, -0.15) is 0 Å². The van der Waals surface area contributed by atoms with Crippen LogP contribution in [0.2, 0.25) is 0 Å². The molecule has 1 unspecified atom stereocenters. The molecule has 118 valence electrons. The minimum atomic E-state index is -0.123. The molecule has 3 heteroatoms.